The molecule has 0 saturated carbocycles. The second kappa shape index (κ2) is 14.5. The van der Waals surface area contributed by atoms with Crippen LogP contribution >= 0.6 is 0 Å². The van der Waals surface area contributed by atoms with Gasteiger partial charge in [0.15, 0.2) is 12.3 Å². The highest BCUT2D eigenvalue weighted by Crippen LogP contribution is 2.29. The van der Waals surface area contributed by atoms with E-state index < -0.39 is 54.1 Å². The van der Waals surface area contributed by atoms with Gasteiger partial charge in [-0.05, 0) is 49.6 Å². The van der Waals surface area contributed by atoms with Gasteiger partial charge in [-0.2, -0.15) is 4.98 Å². The van der Waals surface area contributed by atoms with Gasteiger partial charge in [-0.3, -0.25) is 19.0 Å². The van der Waals surface area contributed by atoms with Crippen LogP contribution in [-0.4, -0.2) is 106 Å². The molecule has 3 amide bonds. The van der Waals surface area contributed by atoms with Crippen LogP contribution in [0.5, 0.6) is 0 Å². The molecule has 0 spiro atoms. The highest BCUT2D eigenvalue weighted by Gasteiger charge is 2.50. The molecular formula is C28H40N8O7. The Kier molecular flexibility index (Phi) is 10.8. The molecule has 234 valence electrons. The Morgan fingerprint density at radius 1 is 1.19 bits per heavy atom. The van der Waals surface area contributed by atoms with E-state index in [2.05, 4.69) is 26.3 Å². The van der Waals surface area contributed by atoms with Crippen molar-refractivity contribution in [3.05, 3.63) is 57.6 Å². The molecule has 6 atom stereocenters. The van der Waals surface area contributed by atoms with Crippen molar-refractivity contribution in [2.24, 2.45) is 5.73 Å². The molecule has 15 nitrogen and oxygen atoms in total. The van der Waals surface area contributed by atoms with Crippen molar-refractivity contribution in [2.75, 3.05) is 38.0 Å². The summed E-state index contributed by atoms with van der Waals surface area (Å²) >= 11 is 0. The Morgan fingerprint density at radius 2 is 1.93 bits per heavy atom. The number of carbonyl (C=O) groups is 3. The van der Waals surface area contributed by atoms with Crippen molar-refractivity contribution in [1.29, 1.82) is 0 Å². The smallest absolute Gasteiger partial charge is 0.351 e. The van der Waals surface area contributed by atoms with E-state index in [0.29, 0.717) is 39.1 Å². The minimum Gasteiger partial charge on any atom is -0.388 e. The van der Waals surface area contributed by atoms with Crippen LogP contribution in [0.4, 0.5) is 5.82 Å². The predicted molar refractivity (Wildman–Crippen MR) is 156 cm³/mol. The van der Waals surface area contributed by atoms with E-state index in [9.17, 15) is 29.4 Å². The highest BCUT2D eigenvalue weighted by molar-refractivity contribution is 5.86. The second-order valence-corrected chi connectivity index (χ2v) is 10.7. The van der Waals surface area contributed by atoms with Gasteiger partial charge in [-0.25, -0.2) is 4.79 Å². The SMILES string of the molecule is Cc1ccc(CNc2ccn(C3OC(C(=O)N4CCNCC4)C(NC(=O)C(CCN)NC=O)C(O)C3O)c(=O)n2)cc1C. The number of rotatable bonds is 11. The van der Waals surface area contributed by atoms with Gasteiger partial charge in [0.05, 0.1) is 6.04 Å². The molecule has 0 bridgehead atoms. The van der Waals surface area contributed by atoms with Crippen LogP contribution in [0.25, 0.3) is 0 Å². The normalized spacial score (nSPS) is 24.6. The number of piperazine rings is 1. The molecule has 2 fully saturated rings. The Morgan fingerprint density at radius 3 is 2.58 bits per heavy atom. The summed E-state index contributed by atoms with van der Waals surface area (Å²) in [6, 6.07) is 5.12. The predicted octanol–water partition coefficient (Wildman–Crippen LogP) is -2.53. The van der Waals surface area contributed by atoms with Crippen LogP contribution in [0.1, 0.15) is 29.3 Å². The Hall–Kier alpha value is -3.89. The Balaban J connectivity index is 1.56. The number of nitrogens with zero attached hydrogens (tertiary/aromatic N) is 3. The monoisotopic (exact) mass is 600 g/mol. The number of hydrogen-bond donors (Lipinski definition) is 7. The minimum absolute atomic E-state index is 0.0852. The first kappa shape index (κ1) is 32.0. The van der Waals surface area contributed by atoms with Gasteiger partial charge < -0.3 is 46.9 Å². The zero-order valence-corrected chi connectivity index (χ0v) is 24.2. The zero-order valence-electron chi connectivity index (χ0n) is 24.2. The molecule has 4 rings (SSSR count). The number of amides is 3. The van der Waals surface area contributed by atoms with Gasteiger partial charge in [-0.1, -0.05) is 18.2 Å². The molecule has 43 heavy (non-hydrogen) atoms. The summed E-state index contributed by atoms with van der Waals surface area (Å²) < 4.78 is 7.01. The number of ether oxygens (including phenoxy) is 1. The number of aliphatic hydroxyl groups is 2. The lowest BCUT2D eigenvalue weighted by molar-refractivity contribution is -0.218. The average molecular weight is 601 g/mol. The molecule has 0 aliphatic carbocycles. The number of aryl methyl sites for hydroxylation is 2. The molecule has 1 aromatic heterocycles. The summed E-state index contributed by atoms with van der Waals surface area (Å²) in [6.45, 7) is 6.32. The maximum Gasteiger partial charge on any atom is 0.351 e. The van der Waals surface area contributed by atoms with Crippen LogP contribution in [0.2, 0.25) is 0 Å². The zero-order chi connectivity index (χ0) is 31.1. The third kappa shape index (κ3) is 7.55. The van der Waals surface area contributed by atoms with Crippen LogP contribution in [-0.2, 0) is 25.7 Å². The lowest BCUT2D eigenvalue weighted by Gasteiger charge is -2.44. The van der Waals surface area contributed by atoms with E-state index >= 15 is 0 Å². The number of aromatic nitrogens is 2. The summed E-state index contributed by atoms with van der Waals surface area (Å²) in [5.74, 6) is -0.960. The fraction of sp³-hybridized carbons (Fsp3) is 0.536. The summed E-state index contributed by atoms with van der Waals surface area (Å²) in [6.07, 6.45) is -4.59. The molecular weight excluding hydrogens is 560 g/mol. The molecule has 6 unspecified atom stereocenters. The van der Waals surface area contributed by atoms with E-state index in [4.69, 9.17) is 10.5 Å². The first-order chi connectivity index (χ1) is 20.6. The third-order valence-corrected chi connectivity index (χ3v) is 7.79. The van der Waals surface area contributed by atoms with Crippen LogP contribution < -0.4 is 32.7 Å². The summed E-state index contributed by atoms with van der Waals surface area (Å²) in [5.41, 5.74) is 8.09. The molecule has 2 aliphatic rings. The molecule has 1 aromatic carbocycles. The van der Waals surface area contributed by atoms with Crippen molar-refractivity contribution in [3.8, 4) is 0 Å². The van der Waals surface area contributed by atoms with Gasteiger partial charge in [-0.15, -0.1) is 0 Å². The maximum atomic E-state index is 13.6. The van der Waals surface area contributed by atoms with Crippen LogP contribution in [0, 0.1) is 13.8 Å². The van der Waals surface area contributed by atoms with Crippen LogP contribution in [0.3, 0.4) is 0 Å². The molecule has 0 radical (unpaired) electrons. The number of aliphatic hydroxyl groups excluding tert-OH is 2. The fourth-order valence-electron chi connectivity index (χ4n) is 5.16. The van der Waals surface area contributed by atoms with Gasteiger partial charge in [0, 0.05) is 38.9 Å². The number of hydrogen-bond acceptors (Lipinski definition) is 11. The topological polar surface area (TPSA) is 213 Å². The number of nitrogens with one attached hydrogen (secondary N) is 4. The van der Waals surface area contributed by atoms with Crippen molar-refractivity contribution in [2.45, 2.75) is 63.4 Å². The first-order valence-corrected chi connectivity index (χ1v) is 14.2. The standard InChI is InChI=1S/C28H40N8O7/c1-16-3-4-18(13-17(16)2)14-31-20-6-10-36(28(42)33-20)27-23(39)22(38)21(34-25(40)19(5-7-29)32-15-37)24(43-27)26(41)35-11-8-30-9-12-35/h3-4,6,10,13,15,19,21-24,27,30,38-39H,5,7-9,11-12,14,29H2,1-2H3,(H,32,37)(H,34,40)(H,31,33,42). The largest absolute Gasteiger partial charge is 0.388 e. The van der Waals surface area contributed by atoms with E-state index in [0.717, 1.165) is 15.7 Å². The van der Waals surface area contributed by atoms with Gasteiger partial charge in [0.2, 0.25) is 12.3 Å². The van der Waals surface area contributed by atoms with Crippen LogP contribution in [0.15, 0.2) is 35.3 Å². The molecule has 3 heterocycles. The van der Waals surface area contributed by atoms with E-state index in [-0.39, 0.29) is 18.8 Å². The van der Waals surface area contributed by atoms with E-state index in [1.165, 1.54) is 22.7 Å². The average Bonchev–Trinajstić information content (AvgIpc) is 3.00. The van der Waals surface area contributed by atoms with E-state index in [1.54, 1.807) is 0 Å². The first-order valence-electron chi connectivity index (χ1n) is 14.2. The summed E-state index contributed by atoms with van der Waals surface area (Å²) in [5, 5.41) is 33.4. The molecule has 8 N–H and O–H groups in total. The summed E-state index contributed by atoms with van der Waals surface area (Å²) in [7, 11) is 0. The van der Waals surface area contributed by atoms with Gasteiger partial charge in [0.25, 0.3) is 5.91 Å². The molecule has 2 saturated heterocycles. The van der Waals surface area contributed by atoms with Crippen molar-refractivity contribution in [1.82, 2.24) is 30.4 Å². The van der Waals surface area contributed by atoms with Gasteiger partial charge >= 0.3 is 5.69 Å². The minimum atomic E-state index is -1.72. The van der Waals surface area contributed by atoms with Crippen molar-refractivity contribution in [3.63, 3.8) is 0 Å². The Bertz CT molecular complexity index is 1350. The van der Waals surface area contributed by atoms with Crippen molar-refractivity contribution < 1.29 is 29.3 Å². The quantitative estimate of drug-likeness (QED) is 0.134. The number of benzene rings is 1. The summed E-state index contributed by atoms with van der Waals surface area (Å²) in [4.78, 5) is 56.3. The molecule has 15 heteroatoms. The van der Waals surface area contributed by atoms with Gasteiger partial charge in [0.1, 0.15) is 24.1 Å². The molecule has 2 aromatic rings. The third-order valence-electron chi connectivity index (χ3n) is 7.79. The number of carbonyl (C=O) groups excluding carboxylic acids is 3. The lowest BCUT2D eigenvalue weighted by atomic mass is 9.93. The van der Waals surface area contributed by atoms with E-state index in [1.807, 2.05) is 32.0 Å². The molecule has 2 aliphatic heterocycles. The van der Waals surface area contributed by atoms with Crippen molar-refractivity contribution >= 4 is 24.0 Å². The number of anilines is 1. The fourth-order valence-corrected chi connectivity index (χ4v) is 5.16. The Labute approximate surface area is 248 Å². The highest BCUT2D eigenvalue weighted by atomic mass is 16.5. The maximum absolute atomic E-state index is 13.6. The lowest BCUT2D eigenvalue weighted by Crippen LogP contribution is -2.68. The second-order valence-electron chi connectivity index (χ2n) is 10.7. The number of nitrogens with two attached hydrogens (primary N) is 1.